The van der Waals surface area contributed by atoms with Gasteiger partial charge in [-0.2, -0.15) is 5.10 Å². The van der Waals surface area contributed by atoms with Crippen LogP contribution in [0.2, 0.25) is 0 Å². The van der Waals surface area contributed by atoms with Crippen LogP contribution in [-0.2, 0) is 11.3 Å². The number of carbonyl (C=O) groups excluding carboxylic acids is 2. The summed E-state index contributed by atoms with van der Waals surface area (Å²) in [6, 6.07) is 9.13. The fourth-order valence-electron chi connectivity index (χ4n) is 3.53. The Hall–Kier alpha value is -3.03. The number of cyclic esters (lactones) is 1. The molecule has 2 aromatic rings. The van der Waals surface area contributed by atoms with Crippen LogP contribution in [0.3, 0.4) is 0 Å². The number of rotatable bonds is 4. The number of aromatic nitrogens is 2. The first kappa shape index (κ1) is 16.4. The standard InChI is InChI=1S/C18H21N5O3/c24-17(22-10-3-5-14(22)13-21-9-4-8-19-21)20-15-6-1-2-7-16(15)23-11-12-26-18(23)25/h1-2,4,6-9,14H,3,5,10-13H2,(H,20,24)/t14-/m0/s1. The average molecular weight is 355 g/mol. The van der Waals surface area contributed by atoms with Crippen molar-refractivity contribution < 1.29 is 14.3 Å². The van der Waals surface area contributed by atoms with Crippen molar-refractivity contribution in [3.63, 3.8) is 0 Å². The van der Waals surface area contributed by atoms with Gasteiger partial charge in [0.1, 0.15) is 6.61 Å². The summed E-state index contributed by atoms with van der Waals surface area (Å²) in [7, 11) is 0. The smallest absolute Gasteiger partial charge is 0.414 e. The van der Waals surface area contributed by atoms with Crippen LogP contribution in [0.4, 0.5) is 21.0 Å². The molecule has 1 N–H and O–H groups in total. The molecule has 136 valence electrons. The molecule has 8 nitrogen and oxygen atoms in total. The summed E-state index contributed by atoms with van der Waals surface area (Å²) in [5.41, 5.74) is 1.27. The first-order valence-electron chi connectivity index (χ1n) is 8.81. The van der Waals surface area contributed by atoms with Crippen LogP contribution in [0.5, 0.6) is 0 Å². The lowest BCUT2D eigenvalue weighted by atomic mass is 10.2. The fourth-order valence-corrected chi connectivity index (χ4v) is 3.53. The van der Waals surface area contributed by atoms with E-state index in [0.717, 1.165) is 12.8 Å². The quantitative estimate of drug-likeness (QED) is 0.914. The van der Waals surface area contributed by atoms with E-state index < -0.39 is 0 Å². The highest BCUT2D eigenvalue weighted by molar-refractivity contribution is 5.99. The predicted octanol–water partition coefficient (Wildman–Crippen LogP) is 2.54. The number of carbonyl (C=O) groups is 2. The van der Waals surface area contributed by atoms with E-state index in [4.69, 9.17) is 4.74 Å². The lowest BCUT2D eigenvalue weighted by Crippen LogP contribution is -2.41. The molecule has 1 aromatic carbocycles. The monoisotopic (exact) mass is 355 g/mol. The van der Waals surface area contributed by atoms with Crippen LogP contribution in [0.1, 0.15) is 12.8 Å². The minimum absolute atomic E-state index is 0.110. The lowest BCUT2D eigenvalue weighted by molar-refractivity contribution is 0.181. The maximum absolute atomic E-state index is 12.9. The van der Waals surface area contributed by atoms with Crippen molar-refractivity contribution in [3.05, 3.63) is 42.7 Å². The van der Waals surface area contributed by atoms with Gasteiger partial charge in [0.05, 0.1) is 30.5 Å². The third-order valence-electron chi connectivity index (χ3n) is 4.79. The molecule has 1 atom stereocenters. The van der Waals surface area contributed by atoms with Crippen LogP contribution in [-0.4, -0.2) is 52.5 Å². The average Bonchev–Trinajstić information content (AvgIpc) is 3.38. The molecule has 2 aliphatic heterocycles. The molecule has 0 radical (unpaired) electrons. The second-order valence-corrected chi connectivity index (χ2v) is 6.43. The molecule has 8 heteroatoms. The van der Waals surface area contributed by atoms with E-state index in [0.29, 0.717) is 37.6 Å². The van der Waals surface area contributed by atoms with Gasteiger partial charge >= 0.3 is 12.1 Å². The van der Waals surface area contributed by atoms with Gasteiger partial charge in [-0.25, -0.2) is 9.59 Å². The summed E-state index contributed by atoms with van der Waals surface area (Å²) < 4.78 is 6.86. The van der Waals surface area contributed by atoms with Gasteiger partial charge in [-0.05, 0) is 31.0 Å². The number of likely N-dealkylation sites (tertiary alicyclic amines) is 1. The Morgan fingerprint density at radius 3 is 2.92 bits per heavy atom. The van der Waals surface area contributed by atoms with Crippen LogP contribution >= 0.6 is 0 Å². The van der Waals surface area contributed by atoms with Gasteiger partial charge in [0.25, 0.3) is 0 Å². The summed E-state index contributed by atoms with van der Waals surface area (Å²) in [5, 5.41) is 7.20. The van der Waals surface area contributed by atoms with Crippen LogP contribution in [0.25, 0.3) is 0 Å². The Balaban J connectivity index is 1.48. The summed E-state index contributed by atoms with van der Waals surface area (Å²) in [4.78, 5) is 28.1. The maximum Gasteiger partial charge on any atom is 0.414 e. The Morgan fingerprint density at radius 2 is 2.15 bits per heavy atom. The maximum atomic E-state index is 12.9. The Morgan fingerprint density at radius 1 is 1.27 bits per heavy atom. The Bertz CT molecular complexity index is 792. The number of urea groups is 1. The molecule has 3 heterocycles. The Labute approximate surface area is 151 Å². The molecule has 4 rings (SSSR count). The number of para-hydroxylation sites is 2. The van der Waals surface area contributed by atoms with Gasteiger partial charge in [0.15, 0.2) is 0 Å². The largest absolute Gasteiger partial charge is 0.447 e. The number of benzene rings is 1. The molecule has 0 aliphatic carbocycles. The SMILES string of the molecule is O=C1OCCN1c1ccccc1NC(=O)N1CCC[C@H]1Cn1cccn1. The number of anilines is 2. The Kier molecular flexibility index (Phi) is 4.47. The molecule has 0 bridgehead atoms. The van der Waals surface area contributed by atoms with Crippen LogP contribution in [0.15, 0.2) is 42.7 Å². The minimum Gasteiger partial charge on any atom is -0.447 e. The molecular weight excluding hydrogens is 334 g/mol. The molecule has 0 spiro atoms. The molecule has 1 aromatic heterocycles. The van der Waals surface area contributed by atoms with Crippen molar-refractivity contribution >= 4 is 23.5 Å². The molecule has 26 heavy (non-hydrogen) atoms. The molecule has 0 unspecified atom stereocenters. The lowest BCUT2D eigenvalue weighted by Gasteiger charge is -2.26. The third kappa shape index (κ3) is 3.22. The normalized spacial score (nSPS) is 19.7. The van der Waals surface area contributed by atoms with Gasteiger partial charge in [-0.1, -0.05) is 12.1 Å². The second kappa shape index (κ2) is 7.07. The molecular formula is C18H21N5O3. The summed E-state index contributed by atoms with van der Waals surface area (Å²) in [6.45, 7) is 2.24. The van der Waals surface area contributed by atoms with Gasteiger partial charge < -0.3 is 15.0 Å². The van der Waals surface area contributed by atoms with Crippen molar-refractivity contribution in [2.45, 2.75) is 25.4 Å². The second-order valence-electron chi connectivity index (χ2n) is 6.43. The van der Waals surface area contributed by atoms with E-state index in [1.165, 1.54) is 0 Å². The first-order valence-corrected chi connectivity index (χ1v) is 8.81. The molecule has 2 aliphatic rings. The van der Waals surface area contributed by atoms with Gasteiger partial charge in [-0.3, -0.25) is 9.58 Å². The molecule has 2 fully saturated rings. The van der Waals surface area contributed by atoms with Crippen molar-refractivity contribution in [1.29, 1.82) is 0 Å². The van der Waals surface area contributed by atoms with Crippen LogP contribution in [0, 0.1) is 0 Å². The van der Waals surface area contributed by atoms with E-state index >= 15 is 0 Å². The third-order valence-corrected chi connectivity index (χ3v) is 4.79. The van der Waals surface area contributed by atoms with Crippen molar-refractivity contribution in [3.8, 4) is 0 Å². The van der Waals surface area contributed by atoms with E-state index in [1.54, 1.807) is 17.2 Å². The highest BCUT2D eigenvalue weighted by Gasteiger charge is 2.31. The number of hydrogen-bond acceptors (Lipinski definition) is 4. The molecule has 2 saturated heterocycles. The predicted molar refractivity (Wildman–Crippen MR) is 96.1 cm³/mol. The first-order chi connectivity index (χ1) is 12.7. The highest BCUT2D eigenvalue weighted by atomic mass is 16.6. The number of nitrogens with one attached hydrogen (secondary N) is 1. The van der Waals surface area contributed by atoms with Crippen molar-refractivity contribution in [2.24, 2.45) is 0 Å². The summed E-state index contributed by atoms with van der Waals surface area (Å²) in [6.07, 6.45) is 5.18. The molecule has 0 saturated carbocycles. The highest BCUT2D eigenvalue weighted by Crippen LogP contribution is 2.29. The zero-order chi connectivity index (χ0) is 17.9. The van der Waals surface area contributed by atoms with E-state index in [2.05, 4.69) is 10.4 Å². The zero-order valence-electron chi connectivity index (χ0n) is 14.4. The van der Waals surface area contributed by atoms with E-state index in [9.17, 15) is 9.59 Å². The van der Waals surface area contributed by atoms with Gasteiger partial charge in [-0.15, -0.1) is 0 Å². The van der Waals surface area contributed by atoms with Gasteiger partial charge in [0, 0.05) is 18.9 Å². The number of amides is 3. The number of nitrogens with zero attached hydrogens (tertiary/aromatic N) is 4. The number of ether oxygens (including phenoxy) is 1. The minimum atomic E-state index is -0.385. The van der Waals surface area contributed by atoms with Crippen molar-refractivity contribution in [2.75, 3.05) is 29.9 Å². The topological polar surface area (TPSA) is 79.7 Å². The zero-order valence-corrected chi connectivity index (χ0v) is 14.4. The van der Waals surface area contributed by atoms with E-state index in [1.807, 2.05) is 40.0 Å². The van der Waals surface area contributed by atoms with Gasteiger partial charge in [0.2, 0.25) is 0 Å². The van der Waals surface area contributed by atoms with Crippen molar-refractivity contribution in [1.82, 2.24) is 14.7 Å². The van der Waals surface area contributed by atoms with Crippen LogP contribution < -0.4 is 10.2 Å². The number of hydrogen-bond donors (Lipinski definition) is 1. The summed E-state index contributed by atoms with van der Waals surface area (Å²) in [5.74, 6) is 0. The summed E-state index contributed by atoms with van der Waals surface area (Å²) >= 11 is 0. The van der Waals surface area contributed by atoms with E-state index in [-0.39, 0.29) is 18.2 Å². The molecule has 3 amide bonds. The fraction of sp³-hybridized carbons (Fsp3) is 0.389.